The molecule has 2 aromatic rings. The largest absolute Gasteiger partial charge is 0.507 e. The lowest BCUT2D eigenvalue weighted by Crippen LogP contribution is -2.79. The van der Waals surface area contributed by atoms with Gasteiger partial charge in [-0.05, 0) is 74.2 Å². The number of nitrogens with zero attached hydrogens (tertiary/aromatic N) is 1. The summed E-state index contributed by atoms with van der Waals surface area (Å²) in [6.45, 7) is 5.72. The van der Waals surface area contributed by atoms with Crippen LogP contribution in [0.25, 0.3) is 11.1 Å². The summed E-state index contributed by atoms with van der Waals surface area (Å²) in [5.41, 5.74) is 8.26. The molecule has 11 heteroatoms. The van der Waals surface area contributed by atoms with E-state index in [0.29, 0.717) is 23.5 Å². The average molecular weight is 592 g/mol. The Kier molecular flexibility index (Phi) is 7.15. The molecule has 6 N–H and O–H groups in total. The number of benzene rings is 2. The number of phenols is 1. The first-order valence-electron chi connectivity index (χ1n) is 14.2. The predicted octanol–water partition coefficient (Wildman–Crippen LogP) is 1.17. The highest BCUT2D eigenvalue weighted by molar-refractivity contribution is 6.33. The van der Waals surface area contributed by atoms with Crippen molar-refractivity contribution in [1.82, 2.24) is 4.90 Å². The van der Waals surface area contributed by atoms with Crippen molar-refractivity contribution in [3.63, 3.8) is 0 Å². The van der Waals surface area contributed by atoms with Gasteiger partial charge in [-0.3, -0.25) is 28.9 Å². The summed E-state index contributed by atoms with van der Waals surface area (Å²) >= 11 is 0. The maximum absolute atomic E-state index is 14.4. The summed E-state index contributed by atoms with van der Waals surface area (Å²) < 4.78 is 5.68. The number of aliphatic hydroxyl groups is 1. The zero-order valence-electron chi connectivity index (χ0n) is 24.9. The number of rotatable bonds is 6. The molecule has 6 atom stereocenters. The molecule has 0 aromatic heterocycles. The Morgan fingerprint density at radius 1 is 1.09 bits per heavy atom. The highest BCUT2D eigenvalue weighted by atomic mass is 16.5. The topological polar surface area (TPSA) is 190 Å². The molecule has 43 heavy (non-hydrogen) atoms. The highest BCUT2D eigenvalue weighted by Crippen LogP contribution is 2.62. The number of Topliss-reactive ketones (excluding diaryl/α,β-unsaturated/α-hetero) is 4. The van der Waals surface area contributed by atoms with Crippen LogP contribution in [-0.2, 0) is 32.1 Å². The van der Waals surface area contributed by atoms with Crippen molar-refractivity contribution in [2.24, 2.45) is 34.1 Å². The van der Waals surface area contributed by atoms with Crippen molar-refractivity contribution >= 4 is 29.0 Å². The zero-order chi connectivity index (χ0) is 31.8. The van der Waals surface area contributed by atoms with Crippen molar-refractivity contribution in [1.29, 1.82) is 0 Å². The molecular formula is C32H37N3O8. The zero-order valence-corrected chi connectivity index (χ0v) is 24.9. The third-order valence-corrected chi connectivity index (χ3v) is 9.76. The molecule has 0 radical (unpaired) electrons. The minimum Gasteiger partial charge on any atom is -0.507 e. The highest BCUT2D eigenvalue weighted by Gasteiger charge is 2.76. The van der Waals surface area contributed by atoms with Gasteiger partial charge in [0.1, 0.15) is 11.5 Å². The van der Waals surface area contributed by atoms with Crippen LogP contribution in [0, 0.1) is 22.7 Å². The normalized spacial score (nSPS) is 31.9. The summed E-state index contributed by atoms with van der Waals surface area (Å²) in [4.78, 5) is 69.6. The molecule has 2 saturated carbocycles. The van der Waals surface area contributed by atoms with Crippen molar-refractivity contribution in [2.45, 2.75) is 51.8 Å². The Labute approximate surface area is 249 Å². The number of phenolic OH excluding ortho intramolecular Hbond substituents is 1. The fourth-order valence-electron chi connectivity index (χ4n) is 8.19. The molecule has 2 aromatic carbocycles. The van der Waals surface area contributed by atoms with Crippen LogP contribution in [-0.4, -0.2) is 76.5 Å². The Morgan fingerprint density at radius 2 is 1.77 bits per heavy atom. The van der Waals surface area contributed by atoms with E-state index in [1.165, 1.54) is 17.9 Å². The van der Waals surface area contributed by atoms with Crippen molar-refractivity contribution in [3.8, 4) is 22.6 Å². The van der Waals surface area contributed by atoms with Crippen molar-refractivity contribution < 1.29 is 38.9 Å². The fourth-order valence-corrected chi connectivity index (χ4v) is 8.19. The van der Waals surface area contributed by atoms with E-state index in [1.54, 1.807) is 33.2 Å². The van der Waals surface area contributed by atoms with Crippen LogP contribution in [0.3, 0.4) is 0 Å². The van der Waals surface area contributed by atoms with E-state index in [-0.39, 0.29) is 30.7 Å². The molecule has 0 saturated heterocycles. The van der Waals surface area contributed by atoms with Gasteiger partial charge in [0.2, 0.25) is 5.91 Å². The predicted molar refractivity (Wildman–Crippen MR) is 155 cm³/mol. The smallest absolute Gasteiger partial charge is 0.235 e. The lowest BCUT2D eigenvalue weighted by molar-refractivity contribution is -0.203. The third-order valence-electron chi connectivity index (χ3n) is 9.76. The average Bonchev–Trinajstić information content (AvgIpc) is 2.91. The summed E-state index contributed by atoms with van der Waals surface area (Å²) in [7, 11) is 3.11. The number of fused-ring (bicyclic) bond motifs is 3. The second-order valence-corrected chi connectivity index (χ2v) is 12.7. The standard InChI is InChI=1S/C32H37N3O8/c1-6-43-20-10-7-15(11-16(20)13-33)17-8-9-19(36)21-18(17)12-30(2)14-31(3)26(35(4)5)25(38)22(29(34)41)27(39)32(31,42)28(40)23(30)24(21)37/h7-11,22-23,26,36,42H,6,12-14,33H2,1-5H3,(H2,34,41)/t22?,23?,26-,30+,31+,32-/m1/s1. The second-order valence-electron chi connectivity index (χ2n) is 12.7. The van der Waals surface area contributed by atoms with Gasteiger partial charge in [0.15, 0.2) is 34.7 Å². The van der Waals surface area contributed by atoms with Crippen LogP contribution < -0.4 is 16.2 Å². The maximum Gasteiger partial charge on any atom is 0.235 e. The van der Waals surface area contributed by atoms with Crippen LogP contribution in [0.2, 0.25) is 0 Å². The Hall–Kier alpha value is -3.93. The molecule has 2 unspecified atom stereocenters. The minimum absolute atomic E-state index is 0.0707. The van der Waals surface area contributed by atoms with E-state index in [1.807, 2.05) is 19.1 Å². The quantitative estimate of drug-likeness (QED) is 0.355. The summed E-state index contributed by atoms with van der Waals surface area (Å²) in [5, 5.41) is 23.0. The van der Waals surface area contributed by atoms with Gasteiger partial charge in [-0.15, -0.1) is 0 Å². The lowest BCUT2D eigenvalue weighted by Gasteiger charge is -2.61. The number of hydrogen-bond acceptors (Lipinski definition) is 10. The van der Waals surface area contributed by atoms with Gasteiger partial charge >= 0.3 is 0 Å². The van der Waals surface area contributed by atoms with E-state index >= 15 is 0 Å². The number of aromatic hydroxyl groups is 1. The first-order valence-corrected chi connectivity index (χ1v) is 14.2. The van der Waals surface area contributed by atoms with Crippen LogP contribution in [0.1, 0.15) is 48.7 Å². The first-order chi connectivity index (χ1) is 20.1. The molecule has 2 fully saturated rings. The molecule has 0 aliphatic heterocycles. The first kappa shape index (κ1) is 30.5. The number of ether oxygens (including phenoxy) is 1. The van der Waals surface area contributed by atoms with Crippen molar-refractivity contribution in [3.05, 3.63) is 47.0 Å². The molecule has 0 spiro atoms. The summed E-state index contributed by atoms with van der Waals surface area (Å²) in [6.07, 6.45) is 0.0309. The van der Waals surface area contributed by atoms with Crippen LogP contribution in [0.15, 0.2) is 30.3 Å². The second kappa shape index (κ2) is 10.1. The van der Waals surface area contributed by atoms with Gasteiger partial charge in [-0.2, -0.15) is 0 Å². The van der Waals surface area contributed by atoms with E-state index in [2.05, 4.69) is 0 Å². The number of carbonyl (C=O) groups excluding carboxylic acids is 5. The van der Waals surface area contributed by atoms with Crippen LogP contribution >= 0.6 is 0 Å². The van der Waals surface area contributed by atoms with Gasteiger partial charge in [-0.25, -0.2) is 0 Å². The molecule has 0 heterocycles. The summed E-state index contributed by atoms with van der Waals surface area (Å²) in [6, 6.07) is 7.30. The van der Waals surface area contributed by atoms with Gasteiger partial charge in [0.25, 0.3) is 0 Å². The molecule has 3 aliphatic carbocycles. The number of hydrogen-bond donors (Lipinski definition) is 4. The van der Waals surface area contributed by atoms with E-state index in [4.69, 9.17) is 16.2 Å². The van der Waals surface area contributed by atoms with Gasteiger partial charge in [0, 0.05) is 17.5 Å². The molecule has 0 bridgehead atoms. The van der Waals surface area contributed by atoms with Gasteiger partial charge in [-0.1, -0.05) is 26.0 Å². The Balaban J connectivity index is 1.72. The lowest BCUT2D eigenvalue weighted by atomic mass is 9.42. The third kappa shape index (κ3) is 4.01. The SMILES string of the molecule is CCOc1ccc(-c2ccc(O)c3c2C[C@@]2(C)C[C@@]4(C)[C@H](N(C)C)C(=O)C(C(N)=O)C(=O)[C@@]4(O)C(=O)C2C3=O)cc1CN. The maximum atomic E-state index is 14.4. The number of carbonyl (C=O) groups is 5. The summed E-state index contributed by atoms with van der Waals surface area (Å²) in [5.74, 6) is -8.48. The van der Waals surface area contributed by atoms with E-state index in [9.17, 15) is 34.2 Å². The van der Waals surface area contributed by atoms with Gasteiger partial charge in [0.05, 0.1) is 24.1 Å². The molecule has 228 valence electrons. The number of ketones is 4. The Bertz CT molecular complexity index is 1600. The molecule has 1 amide bonds. The Morgan fingerprint density at radius 3 is 2.35 bits per heavy atom. The molecular weight excluding hydrogens is 554 g/mol. The fraction of sp³-hybridized carbons (Fsp3) is 0.469. The molecule has 3 aliphatic rings. The minimum atomic E-state index is -2.84. The molecule has 5 rings (SSSR count). The van der Waals surface area contributed by atoms with E-state index in [0.717, 1.165) is 11.1 Å². The van der Waals surface area contributed by atoms with Crippen LogP contribution in [0.4, 0.5) is 0 Å². The van der Waals surface area contributed by atoms with Gasteiger partial charge < -0.3 is 26.4 Å². The van der Waals surface area contributed by atoms with Crippen molar-refractivity contribution in [2.75, 3.05) is 20.7 Å². The molecule has 11 nitrogen and oxygen atoms in total. The number of nitrogens with two attached hydrogens (primary N) is 2. The monoisotopic (exact) mass is 591 g/mol. The number of likely N-dealkylation sites (N-methyl/N-ethyl adjacent to an activating group) is 1. The van der Waals surface area contributed by atoms with Crippen LogP contribution in [0.5, 0.6) is 11.5 Å². The number of primary amides is 1. The number of amides is 1. The van der Waals surface area contributed by atoms with E-state index < -0.39 is 63.3 Å².